The van der Waals surface area contributed by atoms with E-state index in [0.717, 1.165) is 6.29 Å². The Morgan fingerprint density at radius 3 is 2.64 bits per heavy atom. The third-order valence-electron chi connectivity index (χ3n) is 1.82. The second-order valence-electron chi connectivity index (χ2n) is 2.49. The van der Waals surface area contributed by atoms with Crippen molar-refractivity contribution < 1.29 is 4.79 Å². The number of rotatable bonds is 1. The lowest BCUT2D eigenvalue weighted by molar-refractivity contribution is -0.105. The number of aldehydes is 1. The van der Waals surface area contributed by atoms with Gasteiger partial charge in [-0.1, -0.05) is 6.92 Å². The summed E-state index contributed by atoms with van der Waals surface area (Å²) in [5, 5.41) is 8.54. The van der Waals surface area contributed by atoms with Gasteiger partial charge in [0.2, 0.25) is 0 Å². The van der Waals surface area contributed by atoms with Crippen LogP contribution in [0, 0.1) is 17.2 Å². The van der Waals surface area contributed by atoms with Gasteiger partial charge in [-0.05, 0) is 6.92 Å². The summed E-state index contributed by atoms with van der Waals surface area (Å²) < 4.78 is 0. The van der Waals surface area contributed by atoms with E-state index >= 15 is 0 Å². The smallest absolute Gasteiger partial charge is 0.148 e. The highest BCUT2D eigenvalue weighted by atomic mass is 16.1. The van der Waals surface area contributed by atoms with Gasteiger partial charge in [-0.15, -0.1) is 0 Å². The molecule has 1 atom stereocenters. The van der Waals surface area contributed by atoms with Crippen molar-refractivity contribution in [2.24, 2.45) is 10.9 Å². The fraction of sp³-hybridized carbons (Fsp3) is 0.375. The van der Waals surface area contributed by atoms with Gasteiger partial charge in [-0.25, -0.2) is 4.99 Å². The molecule has 0 aromatic heterocycles. The Kier molecular flexibility index (Phi) is 1.86. The summed E-state index contributed by atoms with van der Waals surface area (Å²) in [5.74, 6) is -0.113. The minimum atomic E-state index is -0.113. The Morgan fingerprint density at radius 2 is 2.36 bits per heavy atom. The van der Waals surface area contributed by atoms with E-state index in [1.807, 2.05) is 13.0 Å². The quantitative estimate of drug-likeness (QED) is 0.522. The van der Waals surface area contributed by atoms with E-state index < -0.39 is 0 Å². The molecule has 0 amide bonds. The zero-order valence-corrected chi connectivity index (χ0v) is 6.46. The number of aliphatic imine (C=N–C) groups is 1. The Balaban J connectivity index is 3.03. The predicted molar refractivity (Wildman–Crippen MR) is 41.0 cm³/mol. The van der Waals surface area contributed by atoms with Crippen molar-refractivity contribution in [3.63, 3.8) is 0 Å². The molecule has 1 rings (SSSR count). The van der Waals surface area contributed by atoms with E-state index in [1.165, 1.54) is 0 Å². The Hall–Kier alpha value is -1.43. The average molecular weight is 148 g/mol. The van der Waals surface area contributed by atoms with Crippen LogP contribution >= 0.6 is 0 Å². The molecule has 0 saturated carbocycles. The molecule has 3 heteroatoms. The average Bonchev–Trinajstić information content (AvgIpc) is 2.26. The van der Waals surface area contributed by atoms with Crippen molar-refractivity contribution in [1.29, 1.82) is 5.26 Å². The summed E-state index contributed by atoms with van der Waals surface area (Å²) >= 11 is 0. The summed E-state index contributed by atoms with van der Waals surface area (Å²) in [4.78, 5) is 14.4. The lowest BCUT2D eigenvalue weighted by Crippen LogP contribution is -2.07. The van der Waals surface area contributed by atoms with Gasteiger partial charge in [0, 0.05) is 17.2 Å². The van der Waals surface area contributed by atoms with Crippen LogP contribution in [0.3, 0.4) is 0 Å². The van der Waals surface area contributed by atoms with Crippen LogP contribution in [0.25, 0.3) is 0 Å². The second kappa shape index (κ2) is 2.67. The number of allylic oxidation sites excluding steroid dienone is 2. The third-order valence-corrected chi connectivity index (χ3v) is 1.82. The van der Waals surface area contributed by atoms with Gasteiger partial charge < -0.3 is 0 Å². The first kappa shape index (κ1) is 7.67. The van der Waals surface area contributed by atoms with E-state index in [1.54, 1.807) is 6.92 Å². The Labute approximate surface area is 65.0 Å². The van der Waals surface area contributed by atoms with E-state index in [4.69, 9.17) is 5.26 Å². The normalized spacial score (nSPS) is 23.0. The summed E-state index contributed by atoms with van der Waals surface area (Å²) in [6.45, 7) is 3.55. The summed E-state index contributed by atoms with van der Waals surface area (Å²) in [5.41, 5.74) is 1.73. The number of carbonyl (C=O) groups is 1. The standard InChI is InChI=1S/C8H8N2O/c1-5-7(4-11)6(2)10-8(5)3-9/h4-5H,1-2H3/t5-/m1/s1. The fourth-order valence-corrected chi connectivity index (χ4v) is 1.11. The van der Waals surface area contributed by atoms with Gasteiger partial charge in [-0.2, -0.15) is 5.26 Å². The van der Waals surface area contributed by atoms with Crippen LogP contribution in [-0.4, -0.2) is 12.0 Å². The molecule has 0 aromatic rings. The molecule has 3 nitrogen and oxygen atoms in total. The molecule has 1 aliphatic heterocycles. The van der Waals surface area contributed by atoms with E-state index in [2.05, 4.69) is 4.99 Å². The maximum atomic E-state index is 10.4. The van der Waals surface area contributed by atoms with Gasteiger partial charge in [0.15, 0.2) is 0 Å². The highest BCUT2D eigenvalue weighted by Crippen LogP contribution is 2.22. The van der Waals surface area contributed by atoms with Gasteiger partial charge >= 0.3 is 0 Å². The van der Waals surface area contributed by atoms with Crippen molar-refractivity contribution >= 4 is 12.0 Å². The van der Waals surface area contributed by atoms with Crippen LogP contribution in [0.5, 0.6) is 0 Å². The molecular weight excluding hydrogens is 140 g/mol. The van der Waals surface area contributed by atoms with E-state index in [-0.39, 0.29) is 5.92 Å². The topological polar surface area (TPSA) is 53.2 Å². The highest BCUT2D eigenvalue weighted by Gasteiger charge is 2.22. The van der Waals surface area contributed by atoms with Crippen molar-refractivity contribution in [1.82, 2.24) is 0 Å². The third kappa shape index (κ3) is 1.07. The molecule has 0 N–H and O–H groups in total. The SMILES string of the molecule is CC1=C(C=O)[C@@H](C)C(C#N)=N1. The molecule has 0 aromatic carbocycles. The monoisotopic (exact) mass is 148 g/mol. The lowest BCUT2D eigenvalue weighted by Gasteiger charge is -1.99. The van der Waals surface area contributed by atoms with Crippen molar-refractivity contribution in [3.8, 4) is 6.07 Å². The molecule has 0 fully saturated rings. The van der Waals surface area contributed by atoms with Crippen LogP contribution in [0.4, 0.5) is 0 Å². The van der Waals surface area contributed by atoms with E-state index in [9.17, 15) is 4.79 Å². The van der Waals surface area contributed by atoms with Crippen LogP contribution < -0.4 is 0 Å². The summed E-state index contributed by atoms with van der Waals surface area (Å²) in [6.07, 6.45) is 0.772. The predicted octanol–water partition coefficient (Wildman–Crippen LogP) is 1.07. The highest BCUT2D eigenvalue weighted by molar-refractivity contribution is 6.07. The Bertz CT molecular complexity index is 294. The lowest BCUT2D eigenvalue weighted by atomic mass is 9.99. The summed E-state index contributed by atoms with van der Waals surface area (Å²) in [6, 6.07) is 1.96. The number of carbonyl (C=O) groups excluding carboxylic acids is 1. The van der Waals surface area contributed by atoms with Crippen molar-refractivity contribution in [2.75, 3.05) is 0 Å². The van der Waals surface area contributed by atoms with E-state index in [0.29, 0.717) is 17.0 Å². The second-order valence-corrected chi connectivity index (χ2v) is 2.49. The molecule has 1 heterocycles. The van der Waals surface area contributed by atoms with Gasteiger partial charge in [0.05, 0.1) is 0 Å². The molecular formula is C8H8N2O. The van der Waals surface area contributed by atoms with Gasteiger partial charge in [0.25, 0.3) is 0 Å². The summed E-state index contributed by atoms with van der Waals surface area (Å²) in [7, 11) is 0. The first-order valence-corrected chi connectivity index (χ1v) is 3.35. The number of hydrogen-bond donors (Lipinski definition) is 0. The van der Waals surface area contributed by atoms with Gasteiger partial charge in [-0.3, -0.25) is 4.79 Å². The molecule has 0 aliphatic carbocycles. The zero-order valence-electron chi connectivity index (χ0n) is 6.46. The minimum Gasteiger partial charge on any atom is -0.298 e. The minimum absolute atomic E-state index is 0.113. The van der Waals surface area contributed by atoms with Crippen molar-refractivity contribution in [3.05, 3.63) is 11.3 Å². The fourth-order valence-electron chi connectivity index (χ4n) is 1.11. The van der Waals surface area contributed by atoms with Crippen LogP contribution in [-0.2, 0) is 4.79 Å². The van der Waals surface area contributed by atoms with Crippen LogP contribution in [0.1, 0.15) is 13.8 Å². The maximum Gasteiger partial charge on any atom is 0.148 e. The first-order chi connectivity index (χ1) is 5.20. The molecule has 0 unspecified atom stereocenters. The van der Waals surface area contributed by atoms with Gasteiger partial charge in [0.1, 0.15) is 18.1 Å². The first-order valence-electron chi connectivity index (χ1n) is 3.35. The molecule has 0 spiro atoms. The number of nitriles is 1. The molecule has 0 bridgehead atoms. The molecule has 11 heavy (non-hydrogen) atoms. The molecule has 56 valence electrons. The molecule has 0 saturated heterocycles. The zero-order chi connectivity index (χ0) is 8.43. The number of nitrogens with zero attached hydrogens (tertiary/aromatic N) is 2. The molecule has 0 radical (unpaired) electrons. The van der Waals surface area contributed by atoms with Crippen LogP contribution in [0.2, 0.25) is 0 Å². The van der Waals surface area contributed by atoms with Crippen molar-refractivity contribution in [2.45, 2.75) is 13.8 Å². The molecule has 1 aliphatic rings. The number of hydrogen-bond acceptors (Lipinski definition) is 3. The maximum absolute atomic E-state index is 10.4. The Morgan fingerprint density at radius 1 is 1.73 bits per heavy atom. The largest absolute Gasteiger partial charge is 0.298 e. The van der Waals surface area contributed by atoms with Crippen LogP contribution in [0.15, 0.2) is 16.3 Å².